The Hall–Kier alpha value is -0.940. The lowest BCUT2D eigenvalue weighted by atomic mass is 10.0. The lowest BCUT2D eigenvalue weighted by Crippen LogP contribution is -2.29. The normalized spacial score (nSPS) is 13.0. The molecule has 0 saturated heterocycles. The topological polar surface area (TPSA) is 62.2 Å². The van der Waals surface area contributed by atoms with Crippen LogP contribution in [0.15, 0.2) is 5.38 Å². The summed E-state index contributed by atoms with van der Waals surface area (Å²) in [6.45, 7) is 8.63. The number of carbonyl (C=O) groups excluding carboxylic acids is 1. The van der Waals surface area contributed by atoms with Gasteiger partial charge in [0.25, 0.3) is 0 Å². The predicted molar refractivity (Wildman–Crippen MR) is 78.4 cm³/mol. The summed E-state index contributed by atoms with van der Waals surface area (Å²) in [4.78, 5) is 16.1. The van der Waals surface area contributed by atoms with Crippen molar-refractivity contribution in [1.82, 2.24) is 10.3 Å². The molecule has 1 aromatic heterocycles. The zero-order valence-electron chi connectivity index (χ0n) is 12.1. The SMILES string of the molecule is CC(C)c1nc(CC(=O)NCCC(O)C(C)C)cs1. The third-order valence-electron chi connectivity index (χ3n) is 2.94. The van der Waals surface area contributed by atoms with E-state index in [2.05, 4.69) is 24.1 Å². The van der Waals surface area contributed by atoms with Crippen molar-refractivity contribution in [3.63, 3.8) is 0 Å². The average molecular weight is 284 g/mol. The number of thiazole rings is 1. The Morgan fingerprint density at radius 3 is 2.63 bits per heavy atom. The predicted octanol–water partition coefficient (Wildman–Crippen LogP) is 2.33. The summed E-state index contributed by atoms with van der Waals surface area (Å²) >= 11 is 1.60. The Kier molecular flexibility index (Phi) is 6.45. The summed E-state index contributed by atoms with van der Waals surface area (Å²) in [5.74, 6) is 0.601. The van der Waals surface area contributed by atoms with E-state index in [1.807, 2.05) is 19.2 Å². The number of carbonyl (C=O) groups is 1. The molecule has 4 nitrogen and oxygen atoms in total. The van der Waals surface area contributed by atoms with Gasteiger partial charge in [-0.3, -0.25) is 4.79 Å². The summed E-state index contributed by atoms with van der Waals surface area (Å²) in [7, 11) is 0. The minimum Gasteiger partial charge on any atom is -0.393 e. The second kappa shape index (κ2) is 7.60. The summed E-state index contributed by atoms with van der Waals surface area (Å²) in [5, 5.41) is 15.5. The van der Waals surface area contributed by atoms with Gasteiger partial charge in [-0.25, -0.2) is 4.98 Å². The molecule has 1 unspecified atom stereocenters. The molecule has 1 atom stereocenters. The van der Waals surface area contributed by atoms with Crippen LogP contribution in [0.3, 0.4) is 0 Å². The van der Waals surface area contributed by atoms with Gasteiger partial charge in [-0.2, -0.15) is 0 Å². The van der Waals surface area contributed by atoms with Crippen LogP contribution in [-0.2, 0) is 11.2 Å². The fourth-order valence-corrected chi connectivity index (χ4v) is 2.42. The molecule has 0 aliphatic heterocycles. The lowest BCUT2D eigenvalue weighted by Gasteiger charge is -2.14. The number of hydrogen-bond acceptors (Lipinski definition) is 4. The molecule has 0 radical (unpaired) electrons. The molecule has 0 aliphatic carbocycles. The second-order valence-corrected chi connectivity index (χ2v) is 6.35. The van der Waals surface area contributed by atoms with E-state index in [-0.39, 0.29) is 17.9 Å². The molecular formula is C14H24N2O2S. The molecule has 0 bridgehead atoms. The minimum absolute atomic E-state index is 0.0310. The highest BCUT2D eigenvalue weighted by Crippen LogP contribution is 2.19. The third-order valence-corrected chi connectivity index (χ3v) is 4.13. The van der Waals surface area contributed by atoms with Gasteiger partial charge in [-0.05, 0) is 12.3 Å². The quantitative estimate of drug-likeness (QED) is 0.808. The molecule has 0 fully saturated rings. The van der Waals surface area contributed by atoms with E-state index in [1.165, 1.54) is 0 Å². The summed E-state index contributed by atoms with van der Waals surface area (Å²) < 4.78 is 0. The molecule has 1 amide bonds. The van der Waals surface area contributed by atoms with Gasteiger partial charge in [0.05, 0.1) is 23.2 Å². The first kappa shape index (κ1) is 16.1. The maximum Gasteiger partial charge on any atom is 0.226 e. The van der Waals surface area contributed by atoms with E-state index < -0.39 is 0 Å². The van der Waals surface area contributed by atoms with Crippen molar-refractivity contribution in [3.05, 3.63) is 16.1 Å². The molecule has 0 aromatic carbocycles. The Morgan fingerprint density at radius 1 is 1.42 bits per heavy atom. The first-order valence-corrected chi connectivity index (χ1v) is 7.67. The number of nitrogens with zero attached hydrogens (tertiary/aromatic N) is 1. The van der Waals surface area contributed by atoms with Crippen molar-refractivity contribution in [2.24, 2.45) is 5.92 Å². The van der Waals surface area contributed by atoms with Gasteiger partial charge in [0, 0.05) is 17.8 Å². The molecule has 19 heavy (non-hydrogen) atoms. The van der Waals surface area contributed by atoms with Crippen molar-refractivity contribution in [3.8, 4) is 0 Å². The standard InChI is InChI=1S/C14H24N2O2S/c1-9(2)12(17)5-6-15-13(18)7-11-8-19-14(16-11)10(3)4/h8-10,12,17H,5-7H2,1-4H3,(H,15,18). The number of aromatic nitrogens is 1. The number of hydrogen-bond donors (Lipinski definition) is 2. The number of rotatable bonds is 7. The van der Waals surface area contributed by atoms with E-state index in [4.69, 9.17) is 0 Å². The van der Waals surface area contributed by atoms with Crippen LogP contribution in [0.4, 0.5) is 0 Å². The van der Waals surface area contributed by atoms with E-state index in [0.717, 1.165) is 10.7 Å². The largest absolute Gasteiger partial charge is 0.393 e. The van der Waals surface area contributed by atoms with Crippen molar-refractivity contribution >= 4 is 17.2 Å². The van der Waals surface area contributed by atoms with Gasteiger partial charge in [0.1, 0.15) is 0 Å². The molecular weight excluding hydrogens is 260 g/mol. The van der Waals surface area contributed by atoms with Gasteiger partial charge in [-0.15, -0.1) is 11.3 Å². The second-order valence-electron chi connectivity index (χ2n) is 5.46. The lowest BCUT2D eigenvalue weighted by molar-refractivity contribution is -0.120. The van der Waals surface area contributed by atoms with Crippen molar-refractivity contribution in [2.45, 2.75) is 52.6 Å². The molecule has 108 valence electrons. The third kappa shape index (κ3) is 5.70. The van der Waals surface area contributed by atoms with Crippen LogP contribution in [0.25, 0.3) is 0 Å². The molecule has 1 rings (SSSR count). The molecule has 0 aliphatic rings. The number of nitrogens with one attached hydrogen (secondary N) is 1. The van der Waals surface area contributed by atoms with E-state index in [9.17, 15) is 9.90 Å². The van der Waals surface area contributed by atoms with Crippen LogP contribution in [0.5, 0.6) is 0 Å². The molecule has 0 saturated carbocycles. The van der Waals surface area contributed by atoms with Crippen molar-refractivity contribution < 1.29 is 9.90 Å². The number of aliphatic hydroxyl groups excluding tert-OH is 1. The fourth-order valence-electron chi connectivity index (χ4n) is 1.59. The van der Waals surface area contributed by atoms with Crippen molar-refractivity contribution in [1.29, 1.82) is 0 Å². The van der Waals surface area contributed by atoms with Gasteiger partial charge < -0.3 is 10.4 Å². The van der Waals surface area contributed by atoms with Crippen molar-refractivity contribution in [2.75, 3.05) is 6.54 Å². The Balaban J connectivity index is 2.31. The highest BCUT2D eigenvalue weighted by atomic mass is 32.1. The monoisotopic (exact) mass is 284 g/mol. The average Bonchev–Trinajstić information content (AvgIpc) is 2.77. The number of amides is 1. The zero-order chi connectivity index (χ0) is 14.4. The van der Waals surface area contributed by atoms with E-state index in [1.54, 1.807) is 11.3 Å². The van der Waals surface area contributed by atoms with Crippen LogP contribution >= 0.6 is 11.3 Å². The Labute approximate surface area is 119 Å². The van der Waals surface area contributed by atoms with E-state index >= 15 is 0 Å². The highest BCUT2D eigenvalue weighted by molar-refractivity contribution is 7.09. The maximum absolute atomic E-state index is 11.7. The smallest absolute Gasteiger partial charge is 0.226 e. The first-order chi connectivity index (χ1) is 8.90. The Morgan fingerprint density at radius 2 is 2.11 bits per heavy atom. The molecule has 1 aromatic rings. The molecule has 1 heterocycles. The van der Waals surface area contributed by atoms with Gasteiger partial charge >= 0.3 is 0 Å². The van der Waals surface area contributed by atoms with Gasteiger partial charge in [0.15, 0.2) is 0 Å². The van der Waals surface area contributed by atoms with Gasteiger partial charge in [-0.1, -0.05) is 27.7 Å². The zero-order valence-corrected chi connectivity index (χ0v) is 13.0. The van der Waals surface area contributed by atoms with Gasteiger partial charge in [0.2, 0.25) is 5.91 Å². The maximum atomic E-state index is 11.7. The van der Waals surface area contributed by atoms with Crippen LogP contribution in [0, 0.1) is 5.92 Å². The summed E-state index contributed by atoms with van der Waals surface area (Å²) in [6.07, 6.45) is 0.561. The summed E-state index contributed by atoms with van der Waals surface area (Å²) in [5.41, 5.74) is 0.829. The minimum atomic E-state index is -0.355. The molecule has 2 N–H and O–H groups in total. The Bertz CT molecular complexity index is 402. The molecule has 5 heteroatoms. The van der Waals surface area contributed by atoms with Crippen LogP contribution in [0.1, 0.15) is 50.7 Å². The first-order valence-electron chi connectivity index (χ1n) is 6.79. The van der Waals surface area contributed by atoms with Crippen LogP contribution in [-0.4, -0.2) is 28.6 Å². The highest BCUT2D eigenvalue weighted by Gasteiger charge is 2.11. The van der Waals surface area contributed by atoms with Crippen LogP contribution < -0.4 is 5.32 Å². The van der Waals surface area contributed by atoms with E-state index in [0.29, 0.717) is 25.3 Å². The molecule has 0 spiro atoms. The van der Waals surface area contributed by atoms with Crippen LogP contribution in [0.2, 0.25) is 0 Å². The summed E-state index contributed by atoms with van der Waals surface area (Å²) in [6, 6.07) is 0. The fraction of sp³-hybridized carbons (Fsp3) is 0.714. The number of aliphatic hydroxyl groups is 1.